The van der Waals surface area contributed by atoms with Crippen LogP contribution in [0.15, 0.2) is 36.4 Å². The van der Waals surface area contributed by atoms with Crippen molar-refractivity contribution in [2.75, 3.05) is 13.1 Å². The standard InChI is InChI=1S/C16H21NO2/c1-2-16(15(18)19)11-7-13-17(16)12-6-10-14-8-4-3-5-9-14/h3-6,8-10H,2,7,11-13H2,1H3,(H,18,19)/b10-6+. The Morgan fingerprint density at radius 3 is 2.79 bits per heavy atom. The Bertz CT molecular complexity index is 455. The third-order valence-corrected chi connectivity index (χ3v) is 4.04. The Hall–Kier alpha value is -1.61. The second-order valence-corrected chi connectivity index (χ2v) is 5.05. The molecule has 102 valence electrons. The van der Waals surface area contributed by atoms with Gasteiger partial charge in [-0.1, -0.05) is 49.4 Å². The molecule has 1 aromatic carbocycles. The Balaban J connectivity index is 2.02. The number of nitrogens with zero attached hydrogens (tertiary/aromatic N) is 1. The van der Waals surface area contributed by atoms with E-state index >= 15 is 0 Å². The topological polar surface area (TPSA) is 40.5 Å². The van der Waals surface area contributed by atoms with Gasteiger partial charge < -0.3 is 5.11 Å². The van der Waals surface area contributed by atoms with Crippen LogP contribution in [0.3, 0.4) is 0 Å². The normalized spacial score (nSPS) is 24.1. The zero-order chi connectivity index (χ0) is 13.7. The van der Waals surface area contributed by atoms with Crippen molar-refractivity contribution in [1.29, 1.82) is 0 Å². The molecule has 1 heterocycles. The maximum atomic E-state index is 11.5. The van der Waals surface area contributed by atoms with Gasteiger partial charge in [0, 0.05) is 6.54 Å². The van der Waals surface area contributed by atoms with Crippen LogP contribution in [0.25, 0.3) is 6.08 Å². The van der Waals surface area contributed by atoms with Crippen molar-refractivity contribution in [2.45, 2.75) is 31.7 Å². The number of hydrogen-bond acceptors (Lipinski definition) is 2. The molecule has 0 spiro atoms. The zero-order valence-electron chi connectivity index (χ0n) is 11.4. The summed E-state index contributed by atoms with van der Waals surface area (Å²) in [6, 6.07) is 10.1. The lowest BCUT2D eigenvalue weighted by Gasteiger charge is -2.33. The highest BCUT2D eigenvalue weighted by Gasteiger charge is 2.45. The molecule has 1 saturated heterocycles. The van der Waals surface area contributed by atoms with Crippen LogP contribution in [0.1, 0.15) is 31.7 Å². The minimum atomic E-state index is -0.680. The molecule has 0 radical (unpaired) electrons. The predicted molar refractivity (Wildman–Crippen MR) is 76.9 cm³/mol. The second-order valence-electron chi connectivity index (χ2n) is 5.05. The van der Waals surface area contributed by atoms with E-state index in [0.717, 1.165) is 24.9 Å². The van der Waals surface area contributed by atoms with Crippen molar-refractivity contribution in [1.82, 2.24) is 4.90 Å². The Morgan fingerprint density at radius 2 is 2.16 bits per heavy atom. The minimum absolute atomic E-state index is 0.652. The van der Waals surface area contributed by atoms with E-state index < -0.39 is 11.5 Å². The second kappa shape index (κ2) is 6.02. The van der Waals surface area contributed by atoms with E-state index in [4.69, 9.17) is 0 Å². The molecule has 0 aliphatic carbocycles. The van der Waals surface area contributed by atoms with E-state index in [-0.39, 0.29) is 0 Å². The fourth-order valence-corrected chi connectivity index (χ4v) is 2.87. The van der Waals surface area contributed by atoms with Crippen LogP contribution in [0.4, 0.5) is 0 Å². The van der Waals surface area contributed by atoms with E-state index in [1.165, 1.54) is 0 Å². The molecular weight excluding hydrogens is 238 g/mol. The minimum Gasteiger partial charge on any atom is -0.480 e. The lowest BCUT2D eigenvalue weighted by molar-refractivity contribution is -0.149. The molecule has 1 atom stereocenters. The molecule has 1 aromatic rings. The van der Waals surface area contributed by atoms with Crippen LogP contribution in [-0.4, -0.2) is 34.6 Å². The van der Waals surface area contributed by atoms with Crippen molar-refractivity contribution in [2.24, 2.45) is 0 Å². The van der Waals surface area contributed by atoms with Crippen LogP contribution < -0.4 is 0 Å². The summed E-state index contributed by atoms with van der Waals surface area (Å²) in [7, 11) is 0. The molecule has 1 unspecified atom stereocenters. The summed E-state index contributed by atoms with van der Waals surface area (Å²) in [5, 5.41) is 9.48. The fourth-order valence-electron chi connectivity index (χ4n) is 2.87. The van der Waals surface area contributed by atoms with E-state index in [0.29, 0.717) is 13.0 Å². The van der Waals surface area contributed by atoms with Gasteiger partial charge in [-0.05, 0) is 31.4 Å². The van der Waals surface area contributed by atoms with Gasteiger partial charge in [0.1, 0.15) is 5.54 Å². The molecule has 19 heavy (non-hydrogen) atoms. The molecular formula is C16H21NO2. The Kier molecular flexibility index (Phi) is 4.38. The van der Waals surface area contributed by atoms with Gasteiger partial charge in [-0.2, -0.15) is 0 Å². The largest absolute Gasteiger partial charge is 0.480 e. The molecule has 2 rings (SSSR count). The Labute approximate surface area is 114 Å². The lowest BCUT2D eigenvalue weighted by Crippen LogP contribution is -2.50. The van der Waals surface area contributed by atoms with Gasteiger partial charge in [-0.15, -0.1) is 0 Å². The van der Waals surface area contributed by atoms with Gasteiger partial charge in [0.2, 0.25) is 0 Å². The highest BCUT2D eigenvalue weighted by Crippen LogP contribution is 2.32. The maximum Gasteiger partial charge on any atom is 0.324 e. The first-order chi connectivity index (χ1) is 9.19. The SMILES string of the molecule is CCC1(C(=O)O)CCCN1C/C=C/c1ccccc1. The highest BCUT2D eigenvalue weighted by atomic mass is 16.4. The summed E-state index contributed by atoms with van der Waals surface area (Å²) >= 11 is 0. The number of aliphatic carboxylic acids is 1. The first-order valence-corrected chi connectivity index (χ1v) is 6.89. The van der Waals surface area contributed by atoms with Crippen LogP contribution in [0, 0.1) is 0 Å². The molecule has 0 amide bonds. The molecule has 1 N–H and O–H groups in total. The van der Waals surface area contributed by atoms with E-state index in [1.807, 2.05) is 37.3 Å². The average Bonchev–Trinajstić information content (AvgIpc) is 2.84. The summed E-state index contributed by atoms with van der Waals surface area (Å²) in [5.41, 5.74) is 0.500. The van der Waals surface area contributed by atoms with Crippen LogP contribution in [-0.2, 0) is 4.79 Å². The monoisotopic (exact) mass is 259 g/mol. The molecule has 3 heteroatoms. The number of benzene rings is 1. The first kappa shape index (κ1) is 13.8. The van der Waals surface area contributed by atoms with Gasteiger partial charge >= 0.3 is 5.97 Å². The number of carboxylic acids is 1. The number of hydrogen-bond donors (Lipinski definition) is 1. The van der Waals surface area contributed by atoms with Crippen molar-refractivity contribution >= 4 is 12.0 Å². The first-order valence-electron chi connectivity index (χ1n) is 6.89. The number of likely N-dealkylation sites (tertiary alicyclic amines) is 1. The molecule has 0 bridgehead atoms. The summed E-state index contributed by atoms with van der Waals surface area (Å²) < 4.78 is 0. The quantitative estimate of drug-likeness (QED) is 0.883. The smallest absolute Gasteiger partial charge is 0.324 e. The van der Waals surface area contributed by atoms with Crippen molar-refractivity contribution in [3.05, 3.63) is 42.0 Å². The van der Waals surface area contributed by atoms with Crippen LogP contribution in [0.2, 0.25) is 0 Å². The van der Waals surface area contributed by atoms with E-state index in [1.54, 1.807) is 0 Å². The molecule has 3 nitrogen and oxygen atoms in total. The molecule has 1 fully saturated rings. The van der Waals surface area contributed by atoms with Gasteiger partial charge in [0.05, 0.1) is 0 Å². The summed E-state index contributed by atoms with van der Waals surface area (Å²) in [4.78, 5) is 13.6. The van der Waals surface area contributed by atoms with E-state index in [2.05, 4.69) is 17.1 Å². The summed E-state index contributed by atoms with van der Waals surface area (Å²) in [6.07, 6.45) is 6.52. The third-order valence-electron chi connectivity index (χ3n) is 4.04. The maximum absolute atomic E-state index is 11.5. The van der Waals surface area contributed by atoms with Gasteiger partial charge in [-0.25, -0.2) is 0 Å². The predicted octanol–water partition coefficient (Wildman–Crippen LogP) is 3.03. The van der Waals surface area contributed by atoms with Crippen LogP contribution >= 0.6 is 0 Å². The number of carboxylic acid groups (broad SMARTS) is 1. The van der Waals surface area contributed by atoms with Gasteiger partial charge in [-0.3, -0.25) is 9.69 Å². The highest BCUT2D eigenvalue weighted by molar-refractivity contribution is 5.79. The zero-order valence-corrected chi connectivity index (χ0v) is 11.4. The lowest BCUT2D eigenvalue weighted by atomic mass is 9.93. The van der Waals surface area contributed by atoms with Crippen LogP contribution in [0.5, 0.6) is 0 Å². The molecule has 0 aromatic heterocycles. The van der Waals surface area contributed by atoms with Crippen molar-refractivity contribution in [3.63, 3.8) is 0 Å². The third kappa shape index (κ3) is 2.87. The molecule has 1 aliphatic rings. The van der Waals surface area contributed by atoms with Gasteiger partial charge in [0.15, 0.2) is 0 Å². The molecule has 1 aliphatic heterocycles. The summed E-state index contributed by atoms with van der Waals surface area (Å²) in [6.45, 7) is 3.54. The van der Waals surface area contributed by atoms with Gasteiger partial charge in [0.25, 0.3) is 0 Å². The van der Waals surface area contributed by atoms with Crippen molar-refractivity contribution in [3.8, 4) is 0 Å². The molecule has 0 saturated carbocycles. The number of carbonyl (C=O) groups is 1. The van der Waals surface area contributed by atoms with E-state index in [9.17, 15) is 9.90 Å². The average molecular weight is 259 g/mol. The van der Waals surface area contributed by atoms with Crippen molar-refractivity contribution < 1.29 is 9.90 Å². The summed E-state index contributed by atoms with van der Waals surface area (Å²) in [5.74, 6) is -0.680. The number of rotatable bonds is 5. The fraction of sp³-hybridized carbons (Fsp3) is 0.438. The Morgan fingerprint density at radius 1 is 1.42 bits per heavy atom.